The van der Waals surface area contributed by atoms with Crippen molar-refractivity contribution >= 4 is 26.8 Å². The molecule has 2 aromatic carbocycles. The van der Waals surface area contributed by atoms with Crippen LogP contribution in [0.4, 0.5) is 22.0 Å². The zero-order valence-corrected chi connectivity index (χ0v) is 18.0. The third-order valence-corrected chi connectivity index (χ3v) is 6.30. The minimum absolute atomic E-state index is 0.207. The molecule has 0 spiro atoms. The van der Waals surface area contributed by atoms with Crippen molar-refractivity contribution in [1.29, 1.82) is 0 Å². The number of aromatic amines is 1. The second-order valence-corrected chi connectivity index (χ2v) is 8.72. The van der Waals surface area contributed by atoms with Gasteiger partial charge in [0.2, 0.25) is 0 Å². The molecule has 0 saturated carbocycles. The van der Waals surface area contributed by atoms with Gasteiger partial charge in [-0.1, -0.05) is 35.0 Å². The molecule has 2 heterocycles. The number of hydrogen-bond donors (Lipinski definition) is 1. The predicted molar refractivity (Wildman–Crippen MR) is 109 cm³/mol. The van der Waals surface area contributed by atoms with Crippen LogP contribution in [0, 0.1) is 17.5 Å². The Morgan fingerprint density at radius 3 is 2.43 bits per heavy atom. The van der Waals surface area contributed by atoms with Gasteiger partial charge in [0.05, 0.1) is 18.1 Å². The molecule has 30 heavy (non-hydrogen) atoms. The number of para-hydroxylation sites is 1. The van der Waals surface area contributed by atoms with Crippen LogP contribution in [0.1, 0.15) is 43.1 Å². The van der Waals surface area contributed by atoms with Crippen LogP contribution in [-0.4, -0.2) is 28.4 Å². The van der Waals surface area contributed by atoms with E-state index in [4.69, 9.17) is 0 Å². The van der Waals surface area contributed by atoms with Crippen LogP contribution in [0.3, 0.4) is 0 Å². The van der Waals surface area contributed by atoms with E-state index < -0.39 is 48.4 Å². The lowest BCUT2D eigenvalue weighted by molar-refractivity contribution is -0.0551. The quantitative estimate of drug-likeness (QED) is 0.405. The van der Waals surface area contributed by atoms with Gasteiger partial charge in [-0.05, 0) is 37.1 Å². The molecule has 2 atom stereocenters. The Morgan fingerprint density at radius 1 is 1.13 bits per heavy atom. The predicted octanol–water partition coefficient (Wildman–Crippen LogP) is 6.73. The van der Waals surface area contributed by atoms with Gasteiger partial charge in [0.1, 0.15) is 17.5 Å². The number of rotatable bonds is 4. The van der Waals surface area contributed by atoms with E-state index in [1.807, 2.05) is 0 Å². The molecule has 8 heteroatoms. The minimum atomic E-state index is -3.04. The van der Waals surface area contributed by atoms with E-state index in [0.29, 0.717) is 23.1 Å². The lowest BCUT2D eigenvalue weighted by Gasteiger charge is -2.42. The first-order valence-electron chi connectivity index (χ1n) is 9.70. The van der Waals surface area contributed by atoms with Crippen molar-refractivity contribution in [3.8, 4) is 0 Å². The van der Waals surface area contributed by atoms with E-state index >= 15 is 0 Å². The Morgan fingerprint density at radius 2 is 1.80 bits per heavy atom. The molecule has 0 aliphatic carbocycles. The van der Waals surface area contributed by atoms with Crippen LogP contribution in [0.25, 0.3) is 10.9 Å². The molecule has 0 bridgehead atoms. The third-order valence-electron chi connectivity index (χ3n) is 5.84. The van der Waals surface area contributed by atoms with Crippen LogP contribution in [0.5, 0.6) is 0 Å². The summed E-state index contributed by atoms with van der Waals surface area (Å²) in [6.45, 7) is 2.45. The first kappa shape index (κ1) is 21.3. The van der Waals surface area contributed by atoms with Gasteiger partial charge >= 0.3 is 0 Å². The number of benzene rings is 2. The van der Waals surface area contributed by atoms with Crippen molar-refractivity contribution in [3.05, 3.63) is 69.1 Å². The maximum Gasteiger partial charge on any atom is 0.260 e. The molecule has 1 aliphatic heterocycles. The fourth-order valence-corrected chi connectivity index (χ4v) is 4.70. The summed E-state index contributed by atoms with van der Waals surface area (Å²) in [4.78, 5) is 4.36. The fraction of sp³-hybridized carbons (Fsp3) is 0.364. The molecule has 0 radical (unpaired) electrons. The number of nitrogens with one attached hydrogen (secondary N) is 1. The van der Waals surface area contributed by atoms with E-state index in [0.717, 1.165) is 12.1 Å². The van der Waals surface area contributed by atoms with Crippen LogP contribution >= 0.6 is 15.9 Å². The van der Waals surface area contributed by atoms with Crippen molar-refractivity contribution < 1.29 is 22.0 Å². The van der Waals surface area contributed by atoms with Crippen LogP contribution in [-0.2, 0) is 6.42 Å². The lowest BCUT2D eigenvalue weighted by atomic mass is 9.87. The van der Waals surface area contributed by atoms with E-state index in [1.54, 1.807) is 19.1 Å². The Balaban J connectivity index is 1.98. The molecule has 0 saturated heterocycles. The van der Waals surface area contributed by atoms with E-state index in [2.05, 4.69) is 20.9 Å². The molecule has 2 nitrogen and oxygen atoms in total. The highest BCUT2D eigenvalue weighted by molar-refractivity contribution is 9.10. The molecule has 160 valence electrons. The topological polar surface area (TPSA) is 19.0 Å². The number of halogens is 6. The minimum Gasteiger partial charge on any atom is -0.354 e. The highest BCUT2D eigenvalue weighted by Crippen LogP contribution is 2.44. The van der Waals surface area contributed by atoms with Crippen molar-refractivity contribution in [2.24, 2.45) is 0 Å². The summed E-state index contributed by atoms with van der Waals surface area (Å²) < 4.78 is 73.4. The molecule has 1 aromatic heterocycles. The maximum absolute atomic E-state index is 15.0. The molecule has 2 unspecified atom stereocenters. The average Bonchev–Trinajstić information content (AvgIpc) is 3.03. The lowest BCUT2D eigenvalue weighted by Crippen LogP contribution is -2.48. The van der Waals surface area contributed by atoms with Crippen molar-refractivity contribution in [2.45, 2.75) is 44.7 Å². The summed E-state index contributed by atoms with van der Waals surface area (Å²) in [5, 5.41) is 0.599. The molecular formula is C22H20BrF5N2. The zero-order chi connectivity index (χ0) is 21.8. The number of alkyl halides is 2. The molecule has 1 aliphatic rings. The van der Waals surface area contributed by atoms with Gasteiger partial charge in [-0.15, -0.1) is 0 Å². The summed E-state index contributed by atoms with van der Waals surface area (Å²) in [5.41, 5.74) is 0.923. The Labute approximate surface area is 179 Å². The van der Waals surface area contributed by atoms with Gasteiger partial charge in [-0.2, -0.15) is 0 Å². The normalized spacial score (nSPS) is 20.0. The standard InChI is InChI=1S/C22H20BrF5N2/c1-3-22(27,28)10-30-11(2)7-14-13-5-4-6-15(24)19(13)29-20(14)21(30)18-16(25)8-12(23)9-17(18)26/h4-6,8-9,11,21,29H,3,7,10H2,1-2H3. The van der Waals surface area contributed by atoms with E-state index in [9.17, 15) is 22.0 Å². The fourth-order valence-electron chi connectivity index (χ4n) is 4.29. The molecular weight excluding hydrogens is 467 g/mol. The third kappa shape index (κ3) is 3.54. The van der Waals surface area contributed by atoms with E-state index in [1.165, 1.54) is 17.9 Å². The second-order valence-electron chi connectivity index (χ2n) is 7.80. The molecule has 1 N–H and O–H groups in total. The number of aromatic nitrogens is 1. The average molecular weight is 487 g/mol. The van der Waals surface area contributed by atoms with Gasteiger partial charge in [-0.3, -0.25) is 4.90 Å². The summed E-state index contributed by atoms with van der Waals surface area (Å²) >= 11 is 3.06. The van der Waals surface area contributed by atoms with Gasteiger partial charge in [0.25, 0.3) is 5.92 Å². The Hall–Kier alpha value is -1.93. The van der Waals surface area contributed by atoms with Crippen molar-refractivity contribution in [1.82, 2.24) is 9.88 Å². The Bertz CT molecular complexity index is 1090. The highest BCUT2D eigenvalue weighted by Gasteiger charge is 2.43. The smallest absolute Gasteiger partial charge is 0.260 e. The zero-order valence-electron chi connectivity index (χ0n) is 16.4. The molecule has 0 amide bonds. The molecule has 0 fully saturated rings. The number of fused-ring (bicyclic) bond motifs is 3. The van der Waals surface area contributed by atoms with Gasteiger partial charge in [-0.25, -0.2) is 22.0 Å². The van der Waals surface area contributed by atoms with Crippen LogP contribution in [0.15, 0.2) is 34.8 Å². The first-order valence-corrected chi connectivity index (χ1v) is 10.5. The van der Waals surface area contributed by atoms with E-state index in [-0.39, 0.29) is 15.6 Å². The van der Waals surface area contributed by atoms with Crippen molar-refractivity contribution in [3.63, 3.8) is 0 Å². The number of H-pyrrole nitrogens is 1. The summed E-state index contributed by atoms with van der Waals surface area (Å²) in [7, 11) is 0. The van der Waals surface area contributed by atoms with Crippen molar-refractivity contribution in [2.75, 3.05) is 6.54 Å². The maximum atomic E-state index is 15.0. The first-order chi connectivity index (χ1) is 14.1. The summed E-state index contributed by atoms with van der Waals surface area (Å²) in [6, 6.07) is 5.21. The monoisotopic (exact) mass is 486 g/mol. The SMILES string of the molecule is CCC(F)(F)CN1C(C)Cc2c([nH]c3c(F)cccc23)C1c1c(F)cc(Br)cc1F. The van der Waals surface area contributed by atoms with Gasteiger partial charge < -0.3 is 4.98 Å². The Kier molecular flexibility index (Phi) is 5.43. The number of nitrogens with zero attached hydrogens (tertiary/aromatic N) is 1. The summed E-state index contributed by atoms with van der Waals surface area (Å²) in [5.74, 6) is -5.24. The van der Waals surface area contributed by atoms with Gasteiger partial charge in [0, 0.05) is 33.6 Å². The summed E-state index contributed by atoms with van der Waals surface area (Å²) in [6.07, 6.45) is -0.0444. The van der Waals surface area contributed by atoms with Crippen LogP contribution in [0.2, 0.25) is 0 Å². The second kappa shape index (κ2) is 7.64. The van der Waals surface area contributed by atoms with Gasteiger partial charge in [0.15, 0.2) is 0 Å². The molecule has 3 aromatic rings. The van der Waals surface area contributed by atoms with Crippen LogP contribution < -0.4 is 0 Å². The molecule has 4 rings (SSSR count). The largest absolute Gasteiger partial charge is 0.354 e. The highest BCUT2D eigenvalue weighted by atomic mass is 79.9. The number of hydrogen-bond acceptors (Lipinski definition) is 1.